The van der Waals surface area contributed by atoms with E-state index in [0.29, 0.717) is 12.6 Å². The minimum absolute atomic E-state index is 0. The minimum atomic E-state index is 0. The van der Waals surface area contributed by atoms with Crippen LogP contribution in [0.15, 0.2) is 12.1 Å². The summed E-state index contributed by atoms with van der Waals surface area (Å²) in [5, 5.41) is 6.42. The molecule has 2 N–H and O–H groups in total. The van der Waals surface area contributed by atoms with E-state index in [1.54, 1.807) is 0 Å². The maximum atomic E-state index is 12.1. The monoisotopic (exact) mass is 310 g/mol. The molecule has 0 unspecified atom stereocenters. The van der Waals surface area contributed by atoms with E-state index in [-0.39, 0.29) is 18.3 Å². The molecule has 1 aromatic rings. The van der Waals surface area contributed by atoms with Crippen molar-refractivity contribution in [1.82, 2.24) is 5.32 Å². The summed E-state index contributed by atoms with van der Waals surface area (Å²) in [5.74, 6) is 0.0608. The summed E-state index contributed by atoms with van der Waals surface area (Å²) in [5.41, 5.74) is 4.46. The summed E-state index contributed by atoms with van der Waals surface area (Å²) in [6.07, 6.45) is 6.32. The number of carbonyl (C=O) groups is 1. The molecule has 0 heterocycles. The first-order valence-corrected chi connectivity index (χ1v) is 7.67. The molecule has 1 aliphatic rings. The van der Waals surface area contributed by atoms with Crippen LogP contribution in [0, 0.1) is 20.8 Å². The topological polar surface area (TPSA) is 41.1 Å². The third-order valence-electron chi connectivity index (χ3n) is 4.10. The Hall–Kier alpha value is -1.06. The molecular weight excluding hydrogens is 284 g/mol. The predicted molar refractivity (Wildman–Crippen MR) is 91.4 cm³/mol. The SMILES string of the molecule is Cc1cc(C)c(NC(=O)CNC2CCCCC2)c(C)c1.Cl. The second-order valence-corrected chi connectivity index (χ2v) is 6.04. The molecule has 1 aromatic carbocycles. The molecule has 0 radical (unpaired) electrons. The van der Waals surface area contributed by atoms with Gasteiger partial charge in [-0.25, -0.2) is 0 Å². The van der Waals surface area contributed by atoms with Crippen LogP contribution < -0.4 is 10.6 Å². The number of benzene rings is 1. The molecule has 21 heavy (non-hydrogen) atoms. The summed E-state index contributed by atoms with van der Waals surface area (Å²) >= 11 is 0. The van der Waals surface area contributed by atoms with Crippen LogP contribution in [0.1, 0.15) is 48.8 Å². The lowest BCUT2D eigenvalue weighted by molar-refractivity contribution is -0.115. The Labute approximate surface area is 134 Å². The van der Waals surface area contributed by atoms with Crippen molar-refractivity contribution >= 4 is 24.0 Å². The first kappa shape index (κ1) is 18.0. The lowest BCUT2D eigenvalue weighted by Gasteiger charge is -2.22. The van der Waals surface area contributed by atoms with E-state index in [4.69, 9.17) is 0 Å². The molecule has 3 nitrogen and oxygen atoms in total. The van der Waals surface area contributed by atoms with Gasteiger partial charge in [-0.2, -0.15) is 0 Å². The van der Waals surface area contributed by atoms with E-state index in [1.807, 2.05) is 13.8 Å². The molecule has 0 spiro atoms. The van der Waals surface area contributed by atoms with Gasteiger partial charge in [0.15, 0.2) is 0 Å². The predicted octanol–water partition coefficient (Wildman–Crippen LogP) is 3.89. The molecule has 1 saturated carbocycles. The van der Waals surface area contributed by atoms with Crippen molar-refractivity contribution in [2.45, 2.75) is 58.9 Å². The second-order valence-electron chi connectivity index (χ2n) is 6.04. The normalized spacial score (nSPS) is 15.4. The summed E-state index contributed by atoms with van der Waals surface area (Å²) in [4.78, 5) is 12.1. The van der Waals surface area contributed by atoms with Crippen LogP contribution in [0.2, 0.25) is 0 Å². The van der Waals surface area contributed by atoms with Crippen LogP contribution in [0.5, 0.6) is 0 Å². The van der Waals surface area contributed by atoms with Crippen molar-refractivity contribution in [3.8, 4) is 0 Å². The van der Waals surface area contributed by atoms with Crippen molar-refractivity contribution in [2.75, 3.05) is 11.9 Å². The van der Waals surface area contributed by atoms with Crippen LogP contribution >= 0.6 is 12.4 Å². The quantitative estimate of drug-likeness (QED) is 0.885. The maximum absolute atomic E-state index is 12.1. The lowest BCUT2D eigenvalue weighted by Crippen LogP contribution is -2.37. The molecule has 1 fully saturated rings. The Kier molecular flexibility index (Phi) is 7.20. The van der Waals surface area contributed by atoms with Gasteiger partial charge in [-0.3, -0.25) is 4.79 Å². The molecule has 2 rings (SSSR count). The zero-order valence-corrected chi connectivity index (χ0v) is 14.1. The van der Waals surface area contributed by atoms with Gasteiger partial charge in [-0.15, -0.1) is 12.4 Å². The van der Waals surface area contributed by atoms with Gasteiger partial charge in [0.25, 0.3) is 0 Å². The van der Waals surface area contributed by atoms with Gasteiger partial charge in [0.05, 0.1) is 6.54 Å². The highest BCUT2D eigenvalue weighted by Gasteiger charge is 2.14. The number of hydrogen-bond donors (Lipinski definition) is 2. The smallest absolute Gasteiger partial charge is 0.238 e. The highest BCUT2D eigenvalue weighted by Crippen LogP contribution is 2.22. The Bertz CT molecular complexity index is 459. The van der Waals surface area contributed by atoms with Gasteiger partial charge >= 0.3 is 0 Å². The van der Waals surface area contributed by atoms with E-state index >= 15 is 0 Å². The molecule has 1 amide bonds. The molecular formula is C17H27ClN2O. The standard InChI is InChI=1S/C17H26N2O.ClH/c1-12-9-13(2)17(14(3)10-12)19-16(20)11-18-15-7-5-4-6-8-15;/h9-10,15,18H,4-8,11H2,1-3H3,(H,19,20);1H. The first-order chi connectivity index (χ1) is 9.56. The van der Waals surface area contributed by atoms with Gasteiger partial charge in [-0.1, -0.05) is 37.0 Å². The Morgan fingerprint density at radius 3 is 2.24 bits per heavy atom. The number of rotatable bonds is 4. The number of aryl methyl sites for hydroxylation is 3. The van der Waals surface area contributed by atoms with Crippen LogP contribution in [0.25, 0.3) is 0 Å². The molecule has 0 saturated heterocycles. The van der Waals surface area contributed by atoms with E-state index in [1.165, 1.54) is 37.7 Å². The van der Waals surface area contributed by atoms with Crippen LogP contribution in [0.4, 0.5) is 5.69 Å². The number of halogens is 1. The highest BCUT2D eigenvalue weighted by molar-refractivity contribution is 5.93. The fraction of sp³-hybridized carbons (Fsp3) is 0.588. The second kappa shape index (κ2) is 8.40. The van der Waals surface area contributed by atoms with E-state index in [9.17, 15) is 4.79 Å². The Morgan fingerprint density at radius 1 is 1.10 bits per heavy atom. The lowest BCUT2D eigenvalue weighted by atomic mass is 9.95. The van der Waals surface area contributed by atoms with E-state index in [2.05, 4.69) is 29.7 Å². The third kappa shape index (κ3) is 5.33. The van der Waals surface area contributed by atoms with Crippen molar-refractivity contribution in [2.24, 2.45) is 0 Å². The van der Waals surface area contributed by atoms with Gasteiger partial charge in [0, 0.05) is 11.7 Å². The van der Waals surface area contributed by atoms with Crippen LogP contribution in [-0.2, 0) is 4.79 Å². The molecule has 118 valence electrons. The summed E-state index contributed by atoms with van der Waals surface area (Å²) in [7, 11) is 0. The highest BCUT2D eigenvalue weighted by atomic mass is 35.5. The maximum Gasteiger partial charge on any atom is 0.238 e. The van der Waals surface area contributed by atoms with Crippen LogP contribution in [0.3, 0.4) is 0 Å². The van der Waals surface area contributed by atoms with E-state index in [0.717, 1.165) is 16.8 Å². The van der Waals surface area contributed by atoms with Gasteiger partial charge in [0.1, 0.15) is 0 Å². The van der Waals surface area contributed by atoms with Crippen molar-refractivity contribution < 1.29 is 4.79 Å². The van der Waals surface area contributed by atoms with Crippen molar-refractivity contribution in [1.29, 1.82) is 0 Å². The first-order valence-electron chi connectivity index (χ1n) is 7.67. The number of hydrogen-bond acceptors (Lipinski definition) is 2. The summed E-state index contributed by atoms with van der Waals surface area (Å²) in [6.45, 7) is 6.59. The number of amides is 1. The van der Waals surface area contributed by atoms with Gasteiger partial charge in [0.2, 0.25) is 5.91 Å². The fourth-order valence-electron chi connectivity index (χ4n) is 3.10. The van der Waals surface area contributed by atoms with Gasteiger partial charge < -0.3 is 10.6 Å². The largest absolute Gasteiger partial charge is 0.324 e. The molecule has 0 bridgehead atoms. The average Bonchev–Trinajstić information content (AvgIpc) is 2.42. The minimum Gasteiger partial charge on any atom is -0.324 e. The Morgan fingerprint density at radius 2 is 1.67 bits per heavy atom. The molecule has 1 aliphatic carbocycles. The number of anilines is 1. The van der Waals surface area contributed by atoms with E-state index < -0.39 is 0 Å². The third-order valence-corrected chi connectivity index (χ3v) is 4.10. The Balaban J connectivity index is 0.00000220. The average molecular weight is 311 g/mol. The molecule has 4 heteroatoms. The number of carbonyl (C=O) groups excluding carboxylic acids is 1. The molecule has 0 atom stereocenters. The molecule has 0 aliphatic heterocycles. The van der Waals surface area contributed by atoms with Gasteiger partial charge in [-0.05, 0) is 44.7 Å². The summed E-state index contributed by atoms with van der Waals surface area (Å²) in [6, 6.07) is 4.74. The van der Waals surface area contributed by atoms with Crippen LogP contribution in [-0.4, -0.2) is 18.5 Å². The molecule has 0 aromatic heterocycles. The zero-order chi connectivity index (χ0) is 14.5. The summed E-state index contributed by atoms with van der Waals surface area (Å²) < 4.78 is 0. The van der Waals surface area contributed by atoms with Crippen molar-refractivity contribution in [3.63, 3.8) is 0 Å². The fourth-order valence-corrected chi connectivity index (χ4v) is 3.10. The van der Waals surface area contributed by atoms with Crippen molar-refractivity contribution in [3.05, 3.63) is 28.8 Å². The zero-order valence-electron chi connectivity index (χ0n) is 13.3. The number of nitrogens with one attached hydrogen (secondary N) is 2.